The van der Waals surface area contributed by atoms with Crippen molar-refractivity contribution >= 4 is 0 Å². The molecule has 2 nitrogen and oxygen atoms in total. The van der Waals surface area contributed by atoms with E-state index in [4.69, 9.17) is 5.73 Å². The summed E-state index contributed by atoms with van der Waals surface area (Å²) in [6, 6.07) is 2.69. The van der Waals surface area contributed by atoms with Crippen molar-refractivity contribution in [3.8, 4) is 0 Å². The summed E-state index contributed by atoms with van der Waals surface area (Å²) in [4.78, 5) is 2.62. The molecule has 2 saturated heterocycles. The van der Waals surface area contributed by atoms with Crippen LogP contribution in [0.2, 0.25) is 0 Å². The number of fused-ring (bicyclic) bond motifs is 2. The topological polar surface area (TPSA) is 29.3 Å². The lowest BCUT2D eigenvalue weighted by Crippen LogP contribution is -2.40. The van der Waals surface area contributed by atoms with Crippen molar-refractivity contribution in [3.63, 3.8) is 0 Å². The Kier molecular flexibility index (Phi) is 1.69. The number of rotatable bonds is 1. The first-order valence-electron chi connectivity index (χ1n) is 4.73. The molecular weight excluding hydrogens is 136 g/mol. The van der Waals surface area contributed by atoms with Gasteiger partial charge in [-0.05, 0) is 33.1 Å². The molecule has 0 aromatic carbocycles. The maximum Gasteiger partial charge on any atom is 0.0254 e. The van der Waals surface area contributed by atoms with Gasteiger partial charge in [-0.25, -0.2) is 0 Å². The molecule has 0 radical (unpaired) electrons. The summed E-state index contributed by atoms with van der Waals surface area (Å²) < 4.78 is 0. The second-order valence-electron chi connectivity index (χ2n) is 4.24. The lowest BCUT2D eigenvalue weighted by Gasteiger charge is -2.26. The third-order valence-corrected chi connectivity index (χ3v) is 3.23. The minimum absolute atomic E-state index is 0.469. The SMILES string of the molecule is CC(C)N1C2CC[C@H]1CC2N. The minimum Gasteiger partial charge on any atom is -0.326 e. The van der Waals surface area contributed by atoms with E-state index in [9.17, 15) is 0 Å². The highest BCUT2D eigenvalue weighted by molar-refractivity contribution is 5.03. The van der Waals surface area contributed by atoms with E-state index in [2.05, 4.69) is 18.7 Å². The molecule has 64 valence electrons. The van der Waals surface area contributed by atoms with E-state index >= 15 is 0 Å². The number of hydrogen-bond donors (Lipinski definition) is 1. The van der Waals surface area contributed by atoms with Gasteiger partial charge in [-0.2, -0.15) is 0 Å². The first-order valence-corrected chi connectivity index (χ1v) is 4.73. The van der Waals surface area contributed by atoms with E-state index in [1.807, 2.05) is 0 Å². The predicted octanol–water partition coefficient (Wildman–Crippen LogP) is 0.959. The lowest BCUT2D eigenvalue weighted by atomic mass is 9.97. The molecule has 2 heteroatoms. The van der Waals surface area contributed by atoms with Crippen molar-refractivity contribution in [3.05, 3.63) is 0 Å². The maximum atomic E-state index is 6.01. The van der Waals surface area contributed by atoms with E-state index in [1.165, 1.54) is 19.3 Å². The Hall–Kier alpha value is -0.0800. The van der Waals surface area contributed by atoms with Gasteiger partial charge in [0.15, 0.2) is 0 Å². The average Bonchev–Trinajstić information content (AvgIpc) is 2.41. The second-order valence-corrected chi connectivity index (χ2v) is 4.24. The second kappa shape index (κ2) is 2.46. The Morgan fingerprint density at radius 3 is 2.36 bits per heavy atom. The Morgan fingerprint density at radius 1 is 1.36 bits per heavy atom. The molecule has 0 saturated carbocycles. The normalized spacial score (nSPS) is 44.2. The van der Waals surface area contributed by atoms with Gasteiger partial charge in [0.1, 0.15) is 0 Å². The molecule has 0 amide bonds. The maximum absolute atomic E-state index is 6.01. The fraction of sp³-hybridized carbons (Fsp3) is 1.00. The molecule has 0 aromatic rings. The van der Waals surface area contributed by atoms with Crippen LogP contribution in [0.15, 0.2) is 0 Å². The van der Waals surface area contributed by atoms with E-state index < -0.39 is 0 Å². The molecule has 0 spiro atoms. The van der Waals surface area contributed by atoms with Crippen molar-refractivity contribution in [2.75, 3.05) is 0 Å². The summed E-state index contributed by atoms with van der Waals surface area (Å²) >= 11 is 0. The van der Waals surface area contributed by atoms with Gasteiger partial charge in [-0.1, -0.05) is 0 Å². The molecule has 2 aliphatic rings. The van der Waals surface area contributed by atoms with Crippen LogP contribution in [0.4, 0.5) is 0 Å². The molecule has 0 aromatic heterocycles. The number of nitrogens with two attached hydrogens (primary N) is 1. The first-order chi connectivity index (χ1) is 5.20. The largest absolute Gasteiger partial charge is 0.326 e. The quantitative estimate of drug-likeness (QED) is 0.609. The van der Waals surface area contributed by atoms with Crippen LogP contribution in [0, 0.1) is 0 Å². The highest BCUT2D eigenvalue weighted by atomic mass is 15.3. The van der Waals surface area contributed by atoms with Gasteiger partial charge in [0.25, 0.3) is 0 Å². The molecule has 3 atom stereocenters. The van der Waals surface area contributed by atoms with Gasteiger partial charge in [0.05, 0.1) is 0 Å². The molecule has 2 N–H and O–H groups in total. The monoisotopic (exact) mass is 154 g/mol. The zero-order valence-electron chi connectivity index (χ0n) is 7.46. The number of nitrogens with zero attached hydrogens (tertiary/aromatic N) is 1. The van der Waals surface area contributed by atoms with E-state index in [-0.39, 0.29) is 0 Å². The zero-order valence-corrected chi connectivity index (χ0v) is 7.46. The minimum atomic E-state index is 0.469. The van der Waals surface area contributed by atoms with Crippen LogP contribution in [0.1, 0.15) is 33.1 Å². The fourth-order valence-electron chi connectivity index (χ4n) is 2.88. The predicted molar refractivity (Wildman–Crippen MR) is 46.4 cm³/mol. The molecule has 2 unspecified atom stereocenters. The summed E-state index contributed by atoms with van der Waals surface area (Å²) in [6.45, 7) is 4.56. The summed E-state index contributed by atoms with van der Waals surface area (Å²) in [5.41, 5.74) is 6.01. The standard InChI is InChI=1S/C9H18N2/c1-6(2)11-7-3-4-9(11)8(10)5-7/h6-9H,3-5,10H2,1-2H3/t7-,8?,9?/m0/s1. The average molecular weight is 154 g/mol. The van der Waals surface area contributed by atoms with Crippen LogP contribution in [0.5, 0.6) is 0 Å². The Labute approximate surface area is 68.7 Å². The van der Waals surface area contributed by atoms with E-state index in [0.29, 0.717) is 18.1 Å². The highest BCUT2D eigenvalue weighted by Crippen LogP contribution is 2.37. The molecule has 2 bridgehead atoms. The van der Waals surface area contributed by atoms with Gasteiger partial charge in [-0.15, -0.1) is 0 Å². The number of hydrogen-bond acceptors (Lipinski definition) is 2. The van der Waals surface area contributed by atoms with Crippen LogP contribution in [0.3, 0.4) is 0 Å². The Bertz CT molecular complexity index is 156. The molecule has 2 rings (SSSR count). The molecule has 11 heavy (non-hydrogen) atoms. The smallest absolute Gasteiger partial charge is 0.0254 e. The zero-order chi connectivity index (χ0) is 8.01. The van der Waals surface area contributed by atoms with Gasteiger partial charge in [0, 0.05) is 24.2 Å². The van der Waals surface area contributed by atoms with Crippen LogP contribution >= 0.6 is 0 Å². The fourth-order valence-corrected chi connectivity index (χ4v) is 2.88. The van der Waals surface area contributed by atoms with Gasteiger partial charge in [0.2, 0.25) is 0 Å². The third-order valence-electron chi connectivity index (χ3n) is 3.23. The molecular formula is C9H18N2. The molecule has 2 fully saturated rings. The van der Waals surface area contributed by atoms with Gasteiger partial charge < -0.3 is 5.73 Å². The molecule has 2 heterocycles. The van der Waals surface area contributed by atoms with Crippen LogP contribution in [-0.2, 0) is 0 Å². The first kappa shape index (κ1) is 7.56. The van der Waals surface area contributed by atoms with E-state index in [0.717, 1.165) is 6.04 Å². The van der Waals surface area contributed by atoms with E-state index in [1.54, 1.807) is 0 Å². The molecule has 0 aliphatic carbocycles. The van der Waals surface area contributed by atoms with Crippen LogP contribution in [0.25, 0.3) is 0 Å². The summed E-state index contributed by atoms with van der Waals surface area (Å²) in [5.74, 6) is 0. The third kappa shape index (κ3) is 1.00. The van der Waals surface area contributed by atoms with Crippen LogP contribution in [-0.4, -0.2) is 29.1 Å². The summed E-state index contributed by atoms with van der Waals surface area (Å²) in [6.07, 6.45) is 3.96. The Morgan fingerprint density at radius 2 is 2.09 bits per heavy atom. The molecule has 2 aliphatic heterocycles. The highest BCUT2D eigenvalue weighted by Gasteiger charge is 2.45. The summed E-state index contributed by atoms with van der Waals surface area (Å²) in [7, 11) is 0. The Balaban J connectivity index is 2.13. The van der Waals surface area contributed by atoms with Crippen molar-refractivity contribution in [1.82, 2.24) is 4.90 Å². The van der Waals surface area contributed by atoms with Gasteiger partial charge >= 0.3 is 0 Å². The van der Waals surface area contributed by atoms with Crippen molar-refractivity contribution in [1.29, 1.82) is 0 Å². The summed E-state index contributed by atoms with van der Waals surface area (Å²) in [5, 5.41) is 0. The van der Waals surface area contributed by atoms with Crippen LogP contribution < -0.4 is 5.73 Å². The van der Waals surface area contributed by atoms with Crippen molar-refractivity contribution in [2.24, 2.45) is 5.73 Å². The van der Waals surface area contributed by atoms with Crippen molar-refractivity contribution < 1.29 is 0 Å². The lowest BCUT2D eigenvalue weighted by molar-refractivity contribution is 0.197. The van der Waals surface area contributed by atoms with Crippen molar-refractivity contribution in [2.45, 2.75) is 57.3 Å². The van der Waals surface area contributed by atoms with Gasteiger partial charge in [-0.3, -0.25) is 4.90 Å².